The van der Waals surface area contributed by atoms with Crippen LogP contribution in [0.5, 0.6) is 0 Å². The predicted molar refractivity (Wildman–Crippen MR) is 115 cm³/mol. The Labute approximate surface area is 246 Å². The van der Waals surface area contributed by atoms with Crippen LogP contribution in [0.25, 0.3) is 0 Å². The van der Waals surface area contributed by atoms with Crippen LogP contribution >= 0.6 is 0 Å². The molecule has 0 saturated carbocycles. The van der Waals surface area contributed by atoms with E-state index < -0.39 is 53.2 Å². The van der Waals surface area contributed by atoms with Crippen LogP contribution in [-0.2, 0) is 33.9 Å². The number of furan rings is 3. The molecule has 0 saturated heterocycles. The maximum Gasteiger partial charge on any atom is 3.00 e. The molecular weight excluding hydrogens is 704 g/mol. The molecule has 3 aromatic rings. The number of carbonyl (C=O) groups excluding carboxylic acids is 6. The summed E-state index contributed by atoms with van der Waals surface area (Å²) in [5.74, 6) is -10.8. The van der Waals surface area contributed by atoms with E-state index in [4.69, 9.17) is 0 Å². The van der Waals surface area contributed by atoms with Crippen LogP contribution in [0, 0.1) is 19.3 Å². The van der Waals surface area contributed by atoms with Crippen LogP contribution in [0.2, 0.25) is 0 Å². The van der Waals surface area contributed by atoms with Gasteiger partial charge in [0.25, 0.3) is 0 Å². The van der Waals surface area contributed by atoms with Gasteiger partial charge in [-0.2, -0.15) is 39.5 Å². The first kappa shape index (κ1) is 38.5. The number of alkyl halides is 9. The third-order valence-electron chi connectivity index (χ3n) is 3.92. The van der Waals surface area contributed by atoms with Crippen molar-refractivity contribution in [3.05, 3.63) is 91.7 Å². The molecule has 43 heavy (non-hydrogen) atoms. The van der Waals surface area contributed by atoms with Crippen molar-refractivity contribution in [3.63, 3.8) is 0 Å². The minimum absolute atomic E-state index is 0. The molecule has 0 aliphatic carbocycles. The van der Waals surface area contributed by atoms with Crippen molar-refractivity contribution in [2.45, 2.75) is 18.5 Å². The second-order valence-electron chi connectivity index (χ2n) is 7.04. The van der Waals surface area contributed by atoms with Crippen LogP contribution in [0.4, 0.5) is 39.5 Å². The van der Waals surface area contributed by atoms with Gasteiger partial charge in [-0.1, -0.05) is 18.2 Å². The maximum atomic E-state index is 11.7. The molecule has 0 spiro atoms. The summed E-state index contributed by atoms with van der Waals surface area (Å²) in [4.78, 5) is 63.7. The second-order valence-corrected chi connectivity index (χ2v) is 7.04. The van der Waals surface area contributed by atoms with Gasteiger partial charge in [0.15, 0.2) is 17.3 Å². The van der Waals surface area contributed by atoms with Crippen LogP contribution in [0.3, 0.4) is 0 Å². The van der Waals surface area contributed by atoms with Crippen molar-refractivity contribution >= 4 is 34.7 Å². The number of Topliss-reactive ketones (excluding diaryl/α,β-unsaturated/α-hetero) is 6. The fourth-order valence-corrected chi connectivity index (χ4v) is 2.07. The summed E-state index contributed by atoms with van der Waals surface area (Å²) in [6.07, 6.45) is -11.8. The zero-order valence-corrected chi connectivity index (χ0v) is 22.1. The molecule has 9 nitrogen and oxygen atoms in total. The summed E-state index contributed by atoms with van der Waals surface area (Å²) in [6.45, 7) is 0. The zero-order valence-electron chi connectivity index (χ0n) is 20.4. The number of ketones is 6. The fraction of sp³-hybridized carbons (Fsp3) is 0.125. The van der Waals surface area contributed by atoms with E-state index in [9.17, 15) is 68.3 Å². The minimum atomic E-state index is -5.03. The van der Waals surface area contributed by atoms with Gasteiger partial charge in [0.1, 0.15) is 0 Å². The molecule has 0 amide bonds. The summed E-state index contributed by atoms with van der Waals surface area (Å²) >= 11 is 0. The summed E-state index contributed by atoms with van der Waals surface area (Å²) in [5, 5.41) is 0. The fourth-order valence-electron chi connectivity index (χ4n) is 2.07. The smallest absolute Gasteiger partial charge is 0.548 e. The molecule has 0 aliphatic rings. The molecule has 0 unspecified atom stereocenters. The van der Waals surface area contributed by atoms with Gasteiger partial charge >= 0.3 is 38.0 Å². The molecule has 3 rings (SSSR count). The number of carbonyl (C=O) groups is 6. The first-order valence-electron chi connectivity index (χ1n) is 10.3. The molecule has 0 aromatic carbocycles. The predicted octanol–water partition coefficient (Wildman–Crippen LogP) is 5.39. The van der Waals surface area contributed by atoms with Crippen molar-refractivity contribution in [1.29, 1.82) is 0 Å². The number of hydrogen-bond donors (Lipinski definition) is 0. The Bertz CT molecular complexity index is 1190. The summed E-state index contributed by atoms with van der Waals surface area (Å²) < 4.78 is 119. The topological polar surface area (TPSA) is 142 Å². The minimum Gasteiger partial charge on any atom is -0.548 e. The molecule has 0 N–H and O–H groups in total. The standard InChI is InChI=1S/3C8H4F3O3.Ru/c3*9-8(10,11)7(13)4-5(12)6-2-1-3-14-6;/h3*1-4H;/q3*-1;+3. The SMILES string of the molecule is O=C([CH-]C(=O)C(F)(F)F)c1ccco1.O=C([CH-]C(=O)C(F)(F)F)c1ccco1.O=C([CH-]C(=O)C(F)(F)F)c1ccco1.[Ru+3]. The molecule has 0 atom stereocenters. The van der Waals surface area contributed by atoms with E-state index in [1.807, 2.05) is 0 Å². The first-order chi connectivity index (χ1) is 19.2. The third kappa shape index (κ3) is 13.8. The molecule has 3 aromatic heterocycles. The molecule has 19 heteroatoms. The van der Waals surface area contributed by atoms with Crippen molar-refractivity contribution in [2.24, 2.45) is 0 Å². The number of rotatable bonds is 9. The van der Waals surface area contributed by atoms with Crippen LogP contribution in [-0.4, -0.2) is 53.2 Å². The molecule has 0 aliphatic heterocycles. The molecule has 3 heterocycles. The summed E-state index contributed by atoms with van der Waals surface area (Å²) in [6, 6.07) is 7.50. The van der Waals surface area contributed by atoms with Crippen molar-refractivity contribution in [1.82, 2.24) is 0 Å². The number of halogens is 9. The number of hydrogen-bond acceptors (Lipinski definition) is 9. The van der Waals surface area contributed by atoms with E-state index in [2.05, 4.69) is 13.3 Å². The Morgan fingerprint density at radius 2 is 0.674 bits per heavy atom. The summed E-state index contributed by atoms with van der Waals surface area (Å²) in [7, 11) is 0. The third-order valence-corrected chi connectivity index (χ3v) is 3.92. The maximum absolute atomic E-state index is 11.7. The van der Waals surface area contributed by atoms with E-state index in [-0.39, 0.29) is 56.0 Å². The van der Waals surface area contributed by atoms with Crippen molar-refractivity contribution < 1.29 is 101 Å². The molecule has 1 radical (unpaired) electrons. The van der Waals surface area contributed by atoms with Gasteiger partial charge in [-0.25, -0.2) is 0 Å². The van der Waals surface area contributed by atoms with Gasteiger partial charge in [0, 0.05) is 17.3 Å². The van der Waals surface area contributed by atoms with Crippen LogP contribution < -0.4 is 0 Å². The van der Waals surface area contributed by atoms with Crippen LogP contribution in [0.1, 0.15) is 31.7 Å². The van der Waals surface area contributed by atoms with Gasteiger partial charge in [-0.15, -0.1) is 19.3 Å². The Balaban J connectivity index is 0.000000608. The average Bonchev–Trinajstić information content (AvgIpc) is 3.66. The second kappa shape index (κ2) is 16.2. The van der Waals surface area contributed by atoms with E-state index in [0.29, 0.717) is 0 Å². The largest absolute Gasteiger partial charge is 3.00 e. The Kier molecular flexibility index (Phi) is 14.5. The van der Waals surface area contributed by atoms with E-state index in [0.717, 1.165) is 18.8 Å². The van der Waals surface area contributed by atoms with Gasteiger partial charge < -0.3 is 42.0 Å². The van der Waals surface area contributed by atoms with Crippen molar-refractivity contribution in [2.75, 3.05) is 0 Å². The monoisotopic (exact) mass is 717 g/mol. The molecule has 0 bridgehead atoms. The van der Waals surface area contributed by atoms with E-state index in [1.165, 1.54) is 36.4 Å². The Hall–Kier alpha value is -4.54. The van der Waals surface area contributed by atoms with Gasteiger partial charge in [-0.3, -0.25) is 0 Å². The molecule has 233 valence electrons. The summed E-state index contributed by atoms with van der Waals surface area (Å²) in [5.41, 5.74) is 0. The average molecular weight is 716 g/mol. The molecule has 0 fully saturated rings. The van der Waals surface area contributed by atoms with Gasteiger partial charge in [0.2, 0.25) is 0 Å². The van der Waals surface area contributed by atoms with E-state index in [1.54, 1.807) is 0 Å². The normalized spacial score (nSPS) is 10.8. The first-order valence-corrected chi connectivity index (χ1v) is 10.3. The van der Waals surface area contributed by atoms with Crippen molar-refractivity contribution in [3.8, 4) is 0 Å². The quantitative estimate of drug-likeness (QED) is 0.0937. The Morgan fingerprint density at radius 1 is 0.465 bits per heavy atom. The van der Waals surface area contributed by atoms with Gasteiger partial charge in [-0.05, 0) is 18.2 Å². The zero-order chi connectivity index (χ0) is 32.3. The van der Waals surface area contributed by atoms with Crippen LogP contribution in [0.15, 0.2) is 68.4 Å². The molecular formula is C24H12F9O9Ru. The van der Waals surface area contributed by atoms with Gasteiger partial charge in [0.05, 0.1) is 36.1 Å². The Morgan fingerprint density at radius 3 is 0.814 bits per heavy atom. The van der Waals surface area contributed by atoms with E-state index >= 15 is 0 Å².